The van der Waals surface area contributed by atoms with E-state index in [1.807, 2.05) is 6.92 Å². The van der Waals surface area contributed by atoms with Crippen LogP contribution in [-0.4, -0.2) is 57.9 Å². The van der Waals surface area contributed by atoms with Gasteiger partial charge >= 0.3 is 11.9 Å². The van der Waals surface area contributed by atoms with Crippen LogP contribution in [0.15, 0.2) is 30.6 Å². The molecule has 1 aromatic heterocycles. The summed E-state index contributed by atoms with van der Waals surface area (Å²) in [5, 5.41) is 21.4. The molecule has 0 spiro atoms. The molecule has 1 aliphatic rings. The molecule has 31 heavy (non-hydrogen) atoms. The lowest BCUT2D eigenvalue weighted by molar-refractivity contribution is -0.159. The van der Waals surface area contributed by atoms with Crippen molar-refractivity contribution in [3.63, 3.8) is 0 Å². The number of hydrogen-bond donors (Lipinski definition) is 4. The molecule has 4 N–H and O–H groups in total. The third kappa shape index (κ3) is 8.17. The molecule has 0 fully saturated rings. The average molecular weight is 434 g/mol. The van der Waals surface area contributed by atoms with Crippen LogP contribution in [0, 0.1) is 5.82 Å². The predicted molar refractivity (Wildman–Crippen MR) is 112 cm³/mol. The van der Waals surface area contributed by atoms with Gasteiger partial charge in [-0.15, -0.1) is 0 Å². The molecule has 10 heteroatoms. The van der Waals surface area contributed by atoms with Gasteiger partial charge in [-0.1, -0.05) is 6.92 Å². The van der Waals surface area contributed by atoms with Crippen LogP contribution in [0.2, 0.25) is 0 Å². The lowest BCUT2D eigenvalue weighted by atomic mass is 9.98. The molecule has 0 amide bonds. The second kappa shape index (κ2) is 12.4. The van der Waals surface area contributed by atoms with Crippen molar-refractivity contribution in [1.29, 1.82) is 0 Å². The van der Waals surface area contributed by atoms with Crippen LogP contribution in [0.5, 0.6) is 5.75 Å². The maximum Gasteiger partial charge on any atom is 0.414 e. The normalized spacial score (nSPS) is 14.5. The number of carbonyl (C=O) groups is 2. The third-order valence-electron chi connectivity index (χ3n) is 4.54. The third-order valence-corrected chi connectivity index (χ3v) is 4.54. The molecular weight excluding hydrogens is 407 g/mol. The number of aliphatic carboxylic acids is 2. The van der Waals surface area contributed by atoms with Gasteiger partial charge in [0.1, 0.15) is 17.7 Å². The van der Waals surface area contributed by atoms with E-state index >= 15 is 0 Å². The Morgan fingerprint density at radius 1 is 1.19 bits per heavy atom. The summed E-state index contributed by atoms with van der Waals surface area (Å²) in [5.74, 6) is -2.26. The van der Waals surface area contributed by atoms with Crippen LogP contribution in [-0.2, 0) is 22.4 Å². The van der Waals surface area contributed by atoms with Gasteiger partial charge in [0.15, 0.2) is 0 Å². The standard InChI is InChI=1S/C19H25FN4O.C2H2O4/c1-2-14-11-16(20)12-15-5-6-17(25-18(14)15)13-21-7-3-8-22-19-23-9-4-10-24-19;3-1(4)2(5)6/h4,9-12,17,21H,2-3,5-8,13H2,1H3,(H,22,23,24);(H,3,4)(H,5,6). The second-order valence-electron chi connectivity index (χ2n) is 6.85. The van der Waals surface area contributed by atoms with Crippen LogP contribution >= 0.6 is 0 Å². The number of aryl methyl sites for hydroxylation is 2. The van der Waals surface area contributed by atoms with Gasteiger partial charge in [0, 0.05) is 25.5 Å². The molecule has 168 valence electrons. The zero-order valence-electron chi connectivity index (χ0n) is 17.3. The van der Waals surface area contributed by atoms with Crippen molar-refractivity contribution >= 4 is 17.9 Å². The molecule has 0 aliphatic carbocycles. The Labute approximate surface area is 179 Å². The van der Waals surface area contributed by atoms with E-state index in [2.05, 4.69) is 20.6 Å². The first kappa shape index (κ1) is 24.0. The summed E-state index contributed by atoms with van der Waals surface area (Å²) in [4.78, 5) is 26.4. The fourth-order valence-electron chi connectivity index (χ4n) is 3.06. The number of ether oxygens (including phenoxy) is 1. The van der Waals surface area contributed by atoms with Crippen molar-refractivity contribution in [3.05, 3.63) is 47.5 Å². The molecule has 1 aromatic carbocycles. The Hall–Kier alpha value is -3.27. The predicted octanol–water partition coefficient (Wildman–Crippen LogP) is 2.12. The van der Waals surface area contributed by atoms with E-state index in [9.17, 15) is 4.39 Å². The van der Waals surface area contributed by atoms with Crippen molar-refractivity contribution in [2.24, 2.45) is 0 Å². The number of nitrogens with zero attached hydrogens (tertiary/aromatic N) is 2. The molecule has 2 aromatic rings. The number of halogens is 1. The van der Waals surface area contributed by atoms with E-state index in [0.717, 1.165) is 62.2 Å². The molecule has 1 aliphatic heterocycles. The number of anilines is 1. The van der Waals surface area contributed by atoms with Crippen LogP contribution in [0.4, 0.5) is 10.3 Å². The largest absolute Gasteiger partial charge is 0.489 e. The van der Waals surface area contributed by atoms with Gasteiger partial charge in [0.25, 0.3) is 0 Å². The van der Waals surface area contributed by atoms with Crippen molar-refractivity contribution in [2.45, 2.75) is 38.7 Å². The lowest BCUT2D eigenvalue weighted by Crippen LogP contribution is -2.35. The molecular formula is C21H27FN4O5. The maximum absolute atomic E-state index is 13.6. The van der Waals surface area contributed by atoms with Gasteiger partial charge in [-0.25, -0.2) is 23.9 Å². The number of carboxylic acid groups (broad SMARTS) is 2. The highest BCUT2D eigenvalue weighted by Crippen LogP contribution is 2.32. The zero-order chi connectivity index (χ0) is 22.6. The minimum atomic E-state index is -1.82. The molecule has 1 unspecified atom stereocenters. The van der Waals surface area contributed by atoms with Gasteiger partial charge < -0.3 is 25.6 Å². The van der Waals surface area contributed by atoms with Crippen LogP contribution < -0.4 is 15.4 Å². The summed E-state index contributed by atoms with van der Waals surface area (Å²) in [5.41, 5.74) is 1.96. The van der Waals surface area contributed by atoms with Gasteiger partial charge in [-0.2, -0.15) is 0 Å². The van der Waals surface area contributed by atoms with E-state index in [4.69, 9.17) is 24.5 Å². The first-order chi connectivity index (χ1) is 14.9. The Kier molecular flexibility index (Phi) is 9.63. The van der Waals surface area contributed by atoms with Crippen LogP contribution in [0.25, 0.3) is 0 Å². The highest BCUT2D eigenvalue weighted by Gasteiger charge is 2.22. The molecule has 0 saturated heterocycles. The lowest BCUT2D eigenvalue weighted by Gasteiger charge is -2.28. The number of rotatable bonds is 8. The summed E-state index contributed by atoms with van der Waals surface area (Å²) in [6.45, 7) is 4.56. The van der Waals surface area contributed by atoms with E-state index in [-0.39, 0.29) is 11.9 Å². The molecule has 0 radical (unpaired) electrons. The number of benzene rings is 1. The fourth-order valence-corrected chi connectivity index (χ4v) is 3.06. The Bertz CT molecular complexity index is 837. The maximum atomic E-state index is 13.6. The molecule has 1 atom stereocenters. The highest BCUT2D eigenvalue weighted by molar-refractivity contribution is 6.27. The van der Waals surface area contributed by atoms with E-state index in [1.165, 1.54) is 0 Å². The minimum Gasteiger partial charge on any atom is -0.489 e. The van der Waals surface area contributed by atoms with E-state index in [0.29, 0.717) is 5.95 Å². The van der Waals surface area contributed by atoms with Crippen molar-refractivity contribution in [3.8, 4) is 5.75 Å². The first-order valence-electron chi connectivity index (χ1n) is 10.1. The summed E-state index contributed by atoms with van der Waals surface area (Å²) >= 11 is 0. The van der Waals surface area contributed by atoms with Crippen molar-refractivity contribution in [1.82, 2.24) is 15.3 Å². The monoisotopic (exact) mass is 434 g/mol. The fraction of sp³-hybridized carbons (Fsp3) is 0.429. The minimum absolute atomic E-state index is 0.147. The number of aromatic nitrogens is 2. The Balaban J connectivity index is 0.000000501. The van der Waals surface area contributed by atoms with Gasteiger partial charge in [0.2, 0.25) is 5.95 Å². The van der Waals surface area contributed by atoms with Crippen LogP contribution in [0.1, 0.15) is 30.9 Å². The molecule has 3 rings (SSSR count). The smallest absolute Gasteiger partial charge is 0.414 e. The Morgan fingerprint density at radius 3 is 2.55 bits per heavy atom. The van der Waals surface area contributed by atoms with Gasteiger partial charge in [-0.05, 0) is 61.6 Å². The molecule has 2 heterocycles. The quantitative estimate of drug-likeness (QED) is 0.364. The van der Waals surface area contributed by atoms with Gasteiger partial charge in [-0.3, -0.25) is 0 Å². The van der Waals surface area contributed by atoms with Crippen molar-refractivity contribution in [2.75, 3.05) is 25.0 Å². The average Bonchev–Trinajstić information content (AvgIpc) is 2.76. The number of nitrogens with one attached hydrogen (secondary N) is 2. The SMILES string of the molecule is CCc1cc(F)cc2c1OC(CNCCCNc1ncccn1)CC2.O=C(O)C(=O)O. The summed E-state index contributed by atoms with van der Waals surface area (Å²) in [7, 11) is 0. The summed E-state index contributed by atoms with van der Waals surface area (Å²) in [6.07, 6.45) is 7.15. The number of fused-ring (bicyclic) bond motifs is 1. The topological polar surface area (TPSA) is 134 Å². The highest BCUT2D eigenvalue weighted by atomic mass is 19.1. The van der Waals surface area contributed by atoms with Crippen molar-refractivity contribution < 1.29 is 28.9 Å². The summed E-state index contributed by atoms with van der Waals surface area (Å²) < 4.78 is 19.7. The Morgan fingerprint density at radius 2 is 1.90 bits per heavy atom. The zero-order valence-corrected chi connectivity index (χ0v) is 17.3. The second-order valence-corrected chi connectivity index (χ2v) is 6.85. The molecule has 0 bridgehead atoms. The molecule has 9 nitrogen and oxygen atoms in total. The molecule has 0 saturated carbocycles. The summed E-state index contributed by atoms with van der Waals surface area (Å²) in [6, 6.07) is 4.99. The van der Waals surface area contributed by atoms with E-state index < -0.39 is 11.9 Å². The van der Waals surface area contributed by atoms with Gasteiger partial charge in [0.05, 0.1) is 0 Å². The first-order valence-corrected chi connectivity index (χ1v) is 10.1. The number of hydrogen-bond acceptors (Lipinski definition) is 7. The van der Waals surface area contributed by atoms with E-state index in [1.54, 1.807) is 30.6 Å². The number of carboxylic acids is 2. The van der Waals surface area contributed by atoms with Crippen LogP contribution in [0.3, 0.4) is 0 Å².